The Morgan fingerprint density at radius 1 is 1.09 bits per heavy atom. The molecule has 3 rings (SSSR count). The minimum Gasteiger partial charge on any atom is -0.367 e. The highest BCUT2D eigenvalue weighted by Gasteiger charge is 2.21. The summed E-state index contributed by atoms with van der Waals surface area (Å²) in [5, 5.41) is 6.67. The van der Waals surface area contributed by atoms with Gasteiger partial charge in [-0.3, -0.25) is 4.79 Å². The summed E-state index contributed by atoms with van der Waals surface area (Å²) in [5.41, 5.74) is 0.686. The summed E-state index contributed by atoms with van der Waals surface area (Å²) in [4.78, 5) is 17.0. The molecule has 1 saturated carbocycles. The number of nitrogens with zero attached hydrogens (tertiary/aromatic N) is 1. The number of nitrogens with one attached hydrogen (secondary N) is 2. The SMILES string of the molecule is O=C(NC1CCCCC1)c1cccnc1NC1CCSCC1. The topological polar surface area (TPSA) is 54.0 Å². The van der Waals surface area contributed by atoms with Crippen LogP contribution in [0.4, 0.5) is 5.82 Å². The summed E-state index contributed by atoms with van der Waals surface area (Å²) in [7, 11) is 0. The van der Waals surface area contributed by atoms with Gasteiger partial charge in [0.25, 0.3) is 5.91 Å². The molecule has 2 aliphatic rings. The fourth-order valence-corrected chi connectivity index (χ4v) is 4.36. The fourth-order valence-electron chi connectivity index (χ4n) is 3.25. The highest BCUT2D eigenvalue weighted by atomic mass is 32.2. The Morgan fingerprint density at radius 2 is 1.86 bits per heavy atom. The Labute approximate surface area is 136 Å². The molecule has 120 valence electrons. The third-order valence-corrected chi connectivity index (χ3v) is 5.60. The molecule has 1 aliphatic carbocycles. The quantitative estimate of drug-likeness (QED) is 0.892. The van der Waals surface area contributed by atoms with Crippen molar-refractivity contribution < 1.29 is 4.79 Å². The number of pyridine rings is 1. The molecule has 1 saturated heterocycles. The molecule has 0 bridgehead atoms. The van der Waals surface area contributed by atoms with Crippen LogP contribution in [0.15, 0.2) is 18.3 Å². The Morgan fingerprint density at radius 3 is 2.64 bits per heavy atom. The lowest BCUT2D eigenvalue weighted by atomic mass is 9.95. The molecule has 22 heavy (non-hydrogen) atoms. The van der Waals surface area contributed by atoms with Gasteiger partial charge in [-0.25, -0.2) is 4.98 Å². The number of carbonyl (C=O) groups excluding carboxylic acids is 1. The Balaban J connectivity index is 1.65. The van der Waals surface area contributed by atoms with Crippen LogP contribution in [0.2, 0.25) is 0 Å². The van der Waals surface area contributed by atoms with E-state index < -0.39 is 0 Å². The zero-order valence-electron chi connectivity index (χ0n) is 13.0. The predicted octanol–water partition coefficient (Wildman–Crippen LogP) is 3.45. The van der Waals surface area contributed by atoms with Gasteiger partial charge in [0.15, 0.2) is 0 Å². The minimum absolute atomic E-state index is 0.0210. The molecular weight excluding hydrogens is 294 g/mol. The van der Waals surface area contributed by atoms with E-state index in [0.29, 0.717) is 17.6 Å². The number of amides is 1. The van der Waals surface area contributed by atoms with Crippen molar-refractivity contribution in [2.75, 3.05) is 16.8 Å². The molecule has 0 unspecified atom stereocenters. The zero-order chi connectivity index (χ0) is 15.2. The molecule has 0 aromatic carbocycles. The van der Waals surface area contributed by atoms with Crippen LogP contribution >= 0.6 is 11.8 Å². The van der Waals surface area contributed by atoms with Gasteiger partial charge in [0, 0.05) is 18.3 Å². The monoisotopic (exact) mass is 319 g/mol. The normalized spacial score (nSPS) is 20.5. The molecule has 1 aromatic heterocycles. The van der Waals surface area contributed by atoms with Gasteiger partial charge in [-0.2, -0.15) is 11.8 Å². The van der Waals surface area contributed by atoms with Crippen molar-refractivity contribution in [2.45, 2.75) is 57.0 Å². The number of hydrogen-bond acceptors (Lipinski definition) is 4. The molecule has 2 N–H and O–H groups in total. The first-order chi connectivity index (χ1) is 10.8. The smallest absolute Gasteiger partial charge is 0.255 e. The Bertz CT molecular complexity index is 496. The van der Waals surface area contributed by atoms with Crippen molar-refractivity contribution in [3.05, 3.63) is 23.9 Å². The van der Waals surface area contributed by atoms with E-state index in [9.17, 15) is 4.79 Å². The second-order valence-corrected chi connectivity index (χ2v) is 7.46. The van der Waals surface area contributed by atoms with E-state index in [1.54, 1.807) is 6.20 Å². The van der Waals surface area contributed by atoms with Crippen molar-refractivity contribution in [1.29, 1.82) is 0 Å². The number of anilines is 1. The minimum atomic E-state index is 0.0210. The van der Waals surface area contributed by atoms with E-state index in [-0.39, 0.29) is 5.91 Å². The zero-order valence-corrected chi connectivity index (χ0v) is 13.8. The number of aromatic nitrogens is 1. The van der Waals surface area contributed by atoms with Gasteiger partial charge < -0.3 is 10.6 Å². The summed E-state index contributed by atoms with van der Waals surface area (Å²) in [5.74, 6) is 3.14. The Kier molecular flexibility index (Phi) is 5.59. The van der Waals surface area contributed by atoms with Crippen LogP contribution < -0.4 is 10.6 Å². The summed E-state index contributed by atoms with van der Waals surface area (Å²) < 4.78 is 0. The van der Waals surface area contributed by atoms with Gasteiger partial charge >= 0.3 is 0 Å². The molecule has 0 spiro atoms. The van der Waals surface area contributed by atoms with Gasteiger partial charge in [0.1, 0.15) is 5.82 Å². The predicted molar refractivity (Wildman–Crippen MR) is 92.5 cm³/mol. The van der Waals surface area contributed by atoms with Gasteiger partial charge in [-0.15, -0.1) is 0 Å². The van der Waals surface area contributed by atoms with Crippen molar-refractivity contribution in [3.63, 3.8) is 0 Å². The number of hydrogen-bond donors (Lipinski definition) is 2. The first-order valence-electron chi connectivity index (χ1n) is 8.43. The first kappa shape index (κ1) is 15.7. The standard InChI is InChI=1S/C17H25N3OS/c21-17(20-13-5-2-1-3-6-13)15-7-4-10-18-16(15)19-14-8-11-22-12-9-14/h4,7,10,13-14H,1-3,5-6,8-9,11-12H2,(H,18,19)(H,20,21). The summed E-state index contributed by atoms with van der Waals surface area (Å²) in [6, 6.07) is 4.50. The molecule has 2 heterocycles. The molecule has 0 radical (unpaired) electrons. The summed E-state index contributed by atoms with van der Waals surface area (Å²) in [6.07, 6.45) is 10.0. The van der Waals surface area contributed by atoms with E-state index in [4.69, 9.17) is 0 Å². The summed E-state index contributed by atoms with van der Waals surface area (Å²) in [6.45, 7) is 0. The number of carbonyl (C=O) groups is 1. The summed E-state index contributed by atoms with van der Waals surface area (Å²) >= 11 is 2.00. The third-order valence-electron chi connectivity index (χ3n) is 4.55. The van der Waals surface area contributed by atoms with Crippen LogP contribution in [0.1, 0.15) is 55.3 Å². The van der Waals surface area contributed by atoms with Gasteiger partial charge in [-0.05, 0) is 49.3 Å². The number of rotatable bonds is 4. The lowest BCUT2D eigenvalue weighted by Crippen LogP contribution is -2.37. The van der Waals surface area contributed by atoms with Crippen LogP contribution in [-0.4, -0.2) is 34.5 Å². The lowest BCUT2D eigenvalue weighted by molar-refractivity contribution is 0.0928. The molecule has 2 fully saturated rings. The van der Waals surface area contributed by atoms with E-state index in [1.807, 2.05) is 23.9 Å². The molecule has 1 aromatic rings. The lowest BCUT2D eigenvalue weighted by Gasteiger charge is -2.25. The largest absolute Gasteiger partial charge is 0.367 e. The van der Waals surface area contributed by atoms with E-state index in [1.165, 1.54) is 30.8 Å². The van der Waals surface area contributed by atoms with Crippen LogP contribution in [0.3, 0.4) is 0 Å². The maximum Gasteiger partial charge on any atom is 0.255 e. The molecule has 1 aliphatic heterocycles. The van der Waals surface area contributed by atoms with Crippen molar-refractivity contribution in [2.24, 2.45) is 0 Å². The second kappa shape index (κ2) is 7.86. The highest BCUT2D eigenvalue weighted by Crippen LogP contribution is 2.23. The maximum atomic E-state index is 12.6. The first-order valence-corrected chi connectivity index (χ1v) is 9.58. The maximum absolute atomic E-state index is 12.6. The molecule has 1 amide bonds. The van der Waals surface area contributed by atoms with Gasteiger partial charge in [0.05, 0.1) is 5.56 Å². The van der Waals surface area contributed by atoms with E-state index in [2.05, 4.69) is 15.6 Å². The third kappa shape index (κ3) is 4.15. The Hall–Kier alpha value is -1.23. The average molecular weight is 319 g/mol. The van der Waals surface area contributed by atoms with Gasteiger partial charge in [-0.1, -0.05) is 19.3 Å². The highest BCUT2D eigenvalue weighted by molar-refractivity contribution is 7.99. The fraction of sp³-hybridized carbons (Fsp3) is 0.647. The van der Waals surface area contributed by atoms with Gasteiger partial charge in [0.2, 0.25) is 0 Å². The number of thioether (sulfide) groups is 1. The molecule has 5 heteroatoms. The van der Waals surface area contributed by atoms with Crippen LogP contribution in [0, 0.1) is 0 Å². The van der Waals surface area contributed by atoms with Crippen molar-refractivity contribution in [3.8, 4) is 0 Å². The average Bonchev–Trinajstić information content (AvgIpc) is 2.57. The van der Waals surface area contributed by atoms with E-state index in [0.717, 1.165) is 31.5 Å². The molecule has 4 nitrogen and oxygen atoms in total. The van der Waals surface area contributed by atoms with Crippen LogP contribution in [-0.2, 0) is 0 Å². The van der Waals surface area contributed by atoms with Crippen LogP contribution in [0.5, 0.6) is 0 Å². The second-order valence-electron chi connectivity index (χ2n) is 6.24. The molecular formula is C17H25N3OS. The van der Waals surface area contributed by atoms with E-state index >= 15 is 0 Å². The van der Waals surface area contributed by atoms with Crippen molar-refractivity contribution >= 4 is 23.5 Å². The molecule has 0 atom stereocenters. The van der Waals surface area contributed by atoms with Crippen LogP contribution in [0.25, 0.3) is 0 Å². The van der Waals surface area contributed by atoms with Crippen molar-refractivity contribution in [1.82, 2.24) is 10.3 Å².